The minimum absolute atomic E-state index is 0.00547. The van der Waals surface area contributed by atoms with Crippen LogP contribution in [-0.2, 0) is 4.74 Å². The third kappa shape index (κ3) is 2.71. The zero-order chi connectivity index (χ0) is 12.3. The largest absolute Gasteiger partial charge is 0.373 e. The van der Waals surface area contributed by atoms with Crippen molar-refractivity contribution < 1.29 is 9.66 Å². The van der Waals surface area contributed by atoms with Crippen LogP contribution in [0.1, 0.15) is 19.8 Å². The molecule has 1 aliphatic rings. The van der Waals surface area contributed by atoms with Crippen LogP contribution in [0, 0.1) is 10.1 Å². The van der Waals surface area contributed by atoms with Gasteiger partial charge in [0.15, 0.2) is 0 Å². The molecule has 6 nitrogen and oxygen atoms in total. The van der Waals surface area contributed by atoms with E-state index in [1.165, 1.54) is 12.3 Å². The van der Waals surface area contributed by atoms with Crippen molar-refractivity contribution in [3.8, 4) is 0 Å². The molecule has 1 unspecified atom stereocenters. The van der Waals surface area contributed by atoms with Gasteiger partial charge in [-0.05, 0) is 25.8 Å². The predicted octanol–water partition coefficient (Wildman–Crippen LogP) is 1.97. The monoisotopic (exact) mass is 237 g/mol. The van der Waals surface area contributed by atoms with E-state index in [1.54, 1.807) is 6.07 Å². The van der Waals surface area contributed by atoms with Crippen LogP contribution in [0.25, 0.3) is 0 Å². The molecule has 6 heteroatoms. The first kappa shape index (κ1) is 11.8. The van der Waals surface area contributed by atoms with Gasteiger partial charge in [0.25, 0.3) is 0 Å². The maximum absolute atomic E-state index is 10.8. The summed E-state index contributed by atoms with van der Waals surface area (Å²) in [5, 5.41) is 13.8. The van der Waals surface area contributed by atoms with E-state index in [1.807, 2.05) is 6.92 Å². The Labute approximate surface area is 99.2 Å². The second kappa shape index (κ2) is 4.67. The van der Waals surface area contributed by atoms with Crippen molar-refractivity contribution in [2.45, 2.75) is 25.4 Å². The molecule has 1 aromatic rings. The Morgan fingerprint density at radius 2 is 2.53 bits per heavy atom. The van der Waals surface area contributed by atoms with E-state index in [0.29, 0.717) is 12.4 Å². The molecule has 1 fully saturated rings. The van der Waals surface area contributed by atoms with Crippen molar-refractivity contribution in [3.63, 3.8) is 0 Å². The first-order chi connectivity index (χ1) is 8.11. The Morgan fingerprint density at radius 1 is 1.71 bits per heavy atom. The van der Waals surface area contributed by atoms with Crippen LogP contribution < -0.4 is 5.32 Å². The summed E-state index contributed by atoms with van der Waals surface area (Å²) in [6.07, 6.45) is 3.52. The lowest BCUT2D eigenvalue weighted by molar-refractivity contribution is -0.384. The van der Waals surface area contributed by atoms with Gasteiger partial charge in [0, 0.05) is 25.4 Å². The molecule has 2 rings (SSSR count). The minimum atomic E-state index is -0.437. The molecular weight excluding hydrogens is 222 g/mol. The zero-order valence-electron chi connectivity index (χ0n) is 9.68. The van der Waals surface area contributed by atoms with E-state index in [9.17, 15) is 10.1 Å². The third-order valence-corrected chi connectivity index (χ3v) is 2.91. The quantitative estimate of drug-likeness (QED) is 0.640. The molecule has 1 aliphatic heterocycles. The molecule has 2 heterocycles. The number of nitrogens with one attached hydrogen (secondary N) is 1. The summed E-state index contributed by atoms with van der Waals surface area (Å²) in [5.74, 6) is 0.300. The summed E-state index contributed by atoms with van der Waals surface area (Å²) in [5.41, 5.74) is -0.250. The van der Waals surface area contributed by atoms with Crippen molar-refractivity contribution in [1.29, 1.82) is 0 Å². The zero-order valence-corrected chi connectivity index (χ0v) is 9.68. The summed E-state index contributed by atoms with van der Waals surface area (Å²) < 4.78 is 5.60. The molecule has 0 bridgehead atoms. The van der Waals surface area contributed by atoms with Crippen LogP contribution >= 0.6 is 0 Å². The van der Waals surface area contributed by atoms with Crippen LogP contribution in [0.5, 0.6) is 0 Å². The fraction of sp³-hybridized carbons (Fsp3) is 0.545. The molecule has 92 valence electrons. The van der Waals surface area contributed by atoms with Gasteiger partial charge < -0.3 is 10.1 Å². The minimum Gasteiger partial charge on any atom is -0.373 e. The lowest BCUT2D eigenvalue weighted by Crippen LogP contribution is -2.32. The second-order valence-corrected chi connectivity index (χ2v) is 4.38. The van der Waals surface area contributed by atoms with E-state index >= 15 is 0 Å². The lowest BCUT2D eigenvalue weighted by Gasteiger charge is -2.23. The molecule has 0 aromatic carbocycles. The fourth-order valence-corrected chi connectivity index (χ4v) is 1.93. The van der Waals surface area contributed by atoms with Crippen LogP contribution in [0.15, 0.2) is 18.3 Å². The van der Waals surface area contributed by atoms with Gasteiger partial charge in [-0.25, -0.2) is 4.98 Å². The van der Waals surface area contributed by atoms with Crippen molar-refractivity contribution in [3.05, 3.63) is 28.4 Å². The molecule has 0 saturated carbocycles. The molecule has 0 amide bonds. The smallest absolute Gasteiger partial charge is 0.311 e. The van der Waals surface area contributed by atoms with Gasteiger partial charge in [-0.3, -0.25) is 10.1 Å². The SMILES string of the molecule is CC1(CNc2ncccc2[N+](=O)[O-])CCCO1. The maximum atomic E-state index is 10.8. The Kier molecular flexibility index (Phi) is 3.23. The van der Waals surface area contributed by atoms with E-state index in [-0.39, 0.29) is 11.3 Å². The predicted molar refractivity (Wildman–Crippen MR) is 63.0 cm³/mol. The Balaban J connectivity index is 2.06. The van der Waals surface area contributed by atoms with Crippen molar-refractivity contribution >= 4 is 11.5 Å². The number of nitro groups is 1. The average molecular weight is 237 g/mol. The summed E-state index contributed by atoms with van der Waals surface area (Å²) in [7, 11) is 0. The molecule has 1 aromatic heterocycles. The molecule has 0 radical (unpaired) electrons. The van der Waals surface area contributed by atoms with E-state index in [2.05, 4.69) is 10.3 Å². The van der Waals surface area contributed by atoms with Crippen LogP contribution in [0.2, 0.25) is 0 Å². The van der Waals surface area contributed by atoms with Crippen molar-refractivity contribution in [2.24, 2.45) is 0 Å². The molecule has 1 atom stereocenters. The fourth-order valence-electron chi connectivity index (χ4n) is 1.93. The highest BCUT2D eigenvalue weighted by atomic mass is 16.6. The van der Waals surface area contributed by atoms with Gasteiger partial charge in [0.05, 0.1) is 10.5 Å². The molecule has 0 spiro atoms. The molecule has 0 aliphatic carbocycles. The van der Waals surface area contributed by atoms with E-state index in [0.717, 1.165) is 19.4 Å². The van der Waals surface area contributed by atoms with Crippen LogP contribution in [0.4, 0.5) is 11.5 Å². The van der Waals surface area contributed by atoms with Crippen LogP contribution in [0.3, 0.4) is 0 Å². The lowest BCUT2D eigenvalue weighted by atomic mass is 10.0. The third-order valence-electron chi connectivity index (χ3n) is 2.91. The number of ether oxygens (including phenoxy) is 1. The average Bonchev–Trinajstić information content (AvgIpc) is 2.74. The van der Waals surface area contributed by atoms with E-state index in [4.69, 9.17) is 4.74 Å². The van der Waals surface area contributed by atoms with Gasteiger partial charge in [-0.2, -0.15) is 0 Å². The molecule has 17 heavy (non-hydrogen) atoms. The number of nitrogens with zero attached hydrogens (tertiary/aromatic N) is 2. The van der Waals surface area contributed by atoms with Crippen LogP contribution in [-0.4, -0.2) is 28.7 Å². The number of anilines is 1. The number of aromatic nitrogens is 1. The highest BCUT2D eigenvalue weighted by molar-refractivity contribution is 5.55. The van der Waals surface area contributed by atoms with Crippen molar-refractivity contribution in [1.82, 2.24) is 4.98 Å². The Hall–Kier alpha value is -1.69. The summed E-state index contributed by atoms with van der Waals surface area (Å²) in [6, 6.07) is 2.99. The van der Waals surface area contributed by atoms with Gasteiger partial charge in [0.1, 0.15) is 0 Å². The topological polar surface area (TPSA) is 77.3 Å². The summed E-state index contributed by atoms with van der Waals surface area (Å²) in [4.78, 5) is 14.3. The summed E-state index contributed by atoms with van der Waals surface area (Å²) in [6.45, 7) is 3.29. The standard InChI is InChI=1S/C11H15N3O3/c1-11(5-3-7-17-11)8-13-10-9(14(15)16)4-2-6-12-10/h2,4,6H,3,5,7-8H2,1H3,(H,12,13). The molecule has 1 N–H and O–H groups in total. The highest BCUT2D eigenvalue weighted by Gasteiger charge is 2.30. The number of hydrogen-bond acceptors (Lipinski definition) is 5. The van der Waals surface area contributed by atoms with E-state index < -0.39 is 4.92 Å². The highest BCUT2D eigenvalue weighted by Crippen LogP contribution is 2.27. The number of rotatable bonds is 4. The van der Waals surface area contributed by atoms with Gasteiger partial charge >= 0.3 is 5.69 Å². The summed E-state index contributed by atoms with van der Waals surface area (Å²) >= 11 is 0. The van der Waals surface area contributed by atoms with Gasteiger partial charge in [0.2, 0.25) is 5.82 Å². The second-order valence-electron chi connectivity index (χ2n) is 4.38. The van der Waals surface area contributed by atoms with Gasteiger partial charge in [-0.15, -0.1) is 0 Å². The van der Waals surface area contributed by atoms with Crippen molar-refractivity contribution in [2.75, 3.05) is 18.5 Å². The first-order valence-corrected chi connectivity index (χ1v) is 5.58. The van der Waals surface area contributed by atoms with Gasteiger partial charge in [-0.1, -0.05) is 0 Å². The Bertz CT molecular complexity index is 416. The molecule has 1 saturated heterocycles. The number of hydrogen-bond donors (Lipinski definition) is 1. The maximum Gasteiger partial charge on any atom is 0.311 e. The first-order valence-electron chi connectivity index (χ1n) is 5.58. The number of pyridine rings is 1. The normalized spacial score (nSPS) is 23.6. The molecular formula is C11H15N3O3. The Morgan fingerprint density at radius 3 is 3.18 bits per heavy atom.